The van der Waals surface area contributed by atoms with E-state index in [2.05, 4.69) is 14.9 Å². The fraction of sp³-hybridized carbons (Fsp3) is 0.150. The second kappa shape index (κ2) is 6.52. The summed E-state index contributed by atoms with van der Waals surface area (Å²) in [6, 6.07) is 14.9. The highest BCUT2D eigenvalue weighted by Gasteiger charge is 2.08. The largest absolute Gasteiger partial charge is 0.304 e. The van der Waals surface area contributed by atoms with Gasteiger partial charge in [0.1, 0.15) is 6.33 Å². The molecule has 0 amide bonds. The molecular weight excluding hydrogens is 348 g/mol. The Morgan fingerprint density at radius 1 is 1.04 bits per heavy atom. The number of nitrogens with zero attached hydrogens (tertiary/aromatic N) is 4. The summed E-state index contributed by atoms with van der Waals surface area (Å²) in [4.78, 5) is 23.9. The van der Waals surface area contributed by atoms with Crippen molar-refractivity contribution in [2.45, 2.75) is 6.54 Å². The van der Waals surface area contributed by atoms with Crippen molar-refractivity contribution in [3.05, 3.63) is 75.9 Å². The molecular formula is C20H17ClN4O. The standard InChI is InChI=1S/C20H17ClN4O/c1-24(2)11-15-5-3-13-9-16(6-8-18(13)23-15)25-12-22-19-10-14(21)4-7-17(19)20(25)26/h3-10,12H,11H2,1-2H3. The van der Waals surface area contributed by atoms with Gasteiger partial charge in [-0.2, -0.15) is 0 Å². The van der Waals surface area contributed by atoms with Gasteiger partial charge in [-0.3, -0.25) is 14.3 Å². The Kier molecular flexibility index (Phi) is 4.18. The molecule has 4 aromatic rings. The van der Waals surface area contributed by atoms with Gasteiger partial charge in [-0.15, -0.1) is 0 Å². The lowest BCUT2D eigenvalue weighted by atomic mass is 10.1. The topological polar surface area (TPSA) is 51.0 Å². The highest BCUT2D eigenvalue weighted by atomic mass is 35.5. The zero-order chi connectivity index (χ0) is 18.3. The fourth-order valence-electron chi connectivity index (χ4n) is 3.00. The summed E-state index contributed by atoms with van der Waals surface area (Å²) in [7, 11) is 4.03. The summed E-state index contributed by atoms with van der Waals surface area (Å²) in [5.41, 5.74) is 3.14. The number of hydrogen-bond acceptors (Lipinski definition) is 4. The van der Waals surface area contributed by atoms with Gasteiger partial charge < -0.3 is 4.90 Å². The van der Waals surface area contributed by atoms with Crippen molar-refractivity contribution in [1.29, 1.82) is 0 Å². The van der Waals surface area contributed by atoms with E-state index in [0.717, 1.165) is 28.8 Å². The van der Waals surface area contributed by atoms with Crippen molar-refractivity contribution < 1.29 is 0 Å². The highest BCUT2D eigenvalue weighted by Crippen LogP contribution is 2.19. The third-order valence-electron chi connectivity index (χ3n) is 4.21. The van der Waals surface area contributed by atoms with E-state index >= 15 is 0 Å². The van der Waals surface area contributed by atoms with Crippen LogP contribution in [0.3, 0.4) is 0 Å². The van der Waals surface area contributed by atoms with Crippen molar-refractivity contribution in [2.24, 2.45) is 0 Å². The summed E-state index contributed by atoms with van der Waals surface area (Å²) in [6.07, 6.45) is 1.54. The monoisotopic (exact) mass is 364 g/mol. The van der Waals surface area contributed by atoms with Crippen molar-refractivity contribution in [3.8, 4) is 5.69 Å². The first-order valence-corrected chi connectivity index (χ1v) is 8.61. The van der Waals surface area contributed by atoms with Crippen LogP contribution in [0.2, 0.25) is 5.02 Å². The molecule has 0 saturated heterocycles. The van der Waals surface area contributed by atoms with Gasteiger partial charge in [0.25, 0.3) is 5.56 Å². The molecule has 0 aliphatic carbocycles. The Morgan fingerprint density at radius 2 is 1.88 bits per heavy atom. The Balaban J connectivity index is 1.81. The lowest BCUT2D eigenvalue weighted by molar-refractivity contribution is 0.397. The lowest BCUT2D eigenvalue weighted by Gasteiger charge is -2.11. The van der Waals surface area contributed by atoms with Crippen LogP contribution in [0.25, 0.3) is 27.5 Å². The van der Waals surface area contributed by atoms with Gasteiger partial charge in [0.15, 0.2) is 0 Å². The predicted octanol–water partition coefficient (Wildman–Crippen LogP) is 3.65. The van der Waals surface area contributed by atoms with E-state index in [1.807, 2.05) is 44.4 Å². The van der Waals surface area contributed by atoms with Crippen LogP contribution in [0.1, 0.15) is 5.69 Å². The summed E-state index contributed by atoms with van der Waals surface area (Å²) >= 11 is 5.98. The minimum atomic E-state index is -0.122. The molecule has 5 nitrogen and oxygen atoms in total. The smallest absolute Gasteiger partial charge is 0.265 e. The maximum absolute atomic E-state index is 12.8. The van der Waals surface area contributed by atoms with Crippen LogP contribution in [0.5, 0.6) is 0 Å². The number of fused-ring (bicyclic) bond motifs is 2. The molecule has 6 heteroatoms. The molecule has 0 aliphatic heterocycles. The van der Waals surface area contributed by atoms with Crippen LogP contribution in [-0.4, -0.2) is 33.5 Å². The van der Waals surface area contributed by atoms with Crippen LogP contribution in [-0.2, 0) is 6.54 Å². The molecule has 0 atom stereocenters. The molecule has 2 aromatic carbocycles. The zero-order valence-corrected chi connectivity index (χ0v) is 15.2. The first-order valence-electron chi connectivity index (χ1n) is 8.23. The van der Waals surface area contributed by atoms with Crippen molar-refractivity contribution >= 4 is 33.4 Å². The van der Waals surface area contributed by atoms with Gasteiger partial charge in [-0.1, -0.05) is 17.7 Å². The second-order valence-corrected chi connectivity index (χ2v) is 6.94. The van der Waals surface area contributed by atoms with Crippen LogP contribution in [0, 0.1) is 0 Å². The minimum absolute atomic E-state index is 0.122. The molecule has 130 valence electrons. The molecule has 0 bridgehead atoms. The van der Waals surface area contributed by atoms with Crippen molar-refractivity contribution in [2.75, 3.05) is 14.1 Å². The van der Waals surface area contributed by atoms with Gasteiger partial charge in [0.05, 0.1) is 27.8 Å². The number of aromatic nitrogens is 3. The van der Waals surface area contributed by atoms with E-state index in [1.165, 1.54) is 6.33 Å². The zero-order valence-electron chi connectivity index (χ0n) is 14.5. The number of halogens is 1. The Hall–Kier alpha value is -2.76. The summed E-state index contributed by atoms with van der Waals surface area (Å²) < 4.78 is 1.55. The minimum Gasteiger partial charge on any atom is -0.304 e. The van der Waals surface area contributed by atoms with E-state index < -0.39 is 0 Å². The Bertz CT molecular complexity index is 1180. The van der Waals surface area contributed by atoms with Gasteiger partial charge in [0, 0.05) is 17.0 Å². The first kappa shape index (κ1) is 16.7. The number of hydrogen-bond donors (Lipinski definition) is 0. The average molecular weight is 365 g/mol. The number of rotatable bonds is 3. The summed E-state index contributed by atoms with van der Waals surface area (Å²) in [5, 5.41) is 2.08. The Morgan fingerprint density at radius 3 is 2.69 bits per heavy atom. The molecule has 0 aliphatic rings. The van der Waals surface area contributed by atoms with Crippen molar-refractivity contribution in [1.82, 2.24) is 19.4 Å². The summed E-state index contributed by atoms with van der Waals surface area (Å²) in [5.74, 6) is 0. The quantitative estimate of drug-likeness (QED) is 0.557. The summed E-state index contributed by atoms with van der Waals surface area (Å²) in [6.45, 7) is 0.786. The third kappa shape index (κ3) is 3.07. The van der Waals surface area contributed by atoms with E-state index in [1.54, 1.807) is 22.8 Å². The number of pyridine rings is 1. The maximum Gasteiger partial charge on any atom is 0.265 e. The van der Waals surface area contributed by atoms with Gasteiger partial charge in [0.2, 0.25) is 0 Å². The van der Waals surface area contributed by atoms with E-state index in [0.29, 0.717) is 15.9 Å². The van der Waals surface area contributed by atoms with Crippen LogP contribution in [0.4, 0.5) is 0 Å². The van der Waals surface area contributed by atoms with Gasteiger partial charge >= 0.3 is 0 Å². The molecule has 0 saturated carbocycles. The molecule has 0 fully saturated rings. The molecule has 4 rings (SSSR count). The molecule has 0 N–H and O–H groups in total. The molecule has 2 heterocycles. The lowest BCUT2D eigenvalue weighted by Crippen LogP contribution is -2.18. The second-order valence-electron chi connectivity index (χ2n) is 6.50. The highest BCUT2D eigenvalue weighted by molar-refractivity contribution is 6.31. The van der Waals surface area contributed by atoms with Gasteiger partial charge in [-0.05, 0) is 56.6 Å². The SMILES string of the molecule is CN(C)Cc1ccc2cc(-n3cnc4cc(Cl)ccc4c3=O)ccc2n1. The van der Waals surface area contributed by atoms with Crippen molar-refractivity contribution in [3.63, 3.8) is 0 Å². The van der Waals surface area contributed by atoms with Crippen LogP contribution in [0.15, 0.2) is 59.7 Å². The molecule has 2 aromatic heterocycles. The van der Waals surface area contributed by atoms with E-state index in [9.17, 15) is 4.79 Å². The van der Waals surface area contributed by atoms with Crippen LogP contribution < -0.4 is 5.56 Å². The van der Waals surface area contributed by atoms with E-state index in [4.69, 9.17) is 11.6 Å². The maximum atomic E-state index is 12.8. The van der Waals surface area contributed by atoms with Crippen LogP contribution >= 0.6 is 11.6 Å². The molecule has 0 unspecified atom stereocenters. The molecule has 0 radical (unpaired) electrons. The first-order chi connectivity index (χ1) is 12.5. The van der Waals surface area contributed by atoms with E-state index in [-0.39, 0.29) is 5.56 Å². The van der Waals surface area contributed by atoms with Gasteiger partial charge in [-0.25, -0.2) is 4.98 Å². The normalized spacial score (nSPS) is 11.5. The molecule has 0 spiro atoms. The fourth-order valence-corrected chi connectivity index (χ4v) is 3.16. The third-order valence-corrected chi connectivity index (χ3v) is 4.44. The predicted molar refractivity (Wildman–Crippen MR) is 105 cm³/mol. The number of benzene rings is 2. The Labute approximate surface area is 155 Å². The average Bonchev–Trinajstić information content (AvgIpc) is 2.61. The molecule has 26 heavy (non-hydrogen) atoms.